The number of para-hydroxylation sites is 2. The molecule has 0 spiro atoms. The van der Waals surface area contributed by atoms with Crippen LogP contribution in [0.2, 0.25) is 0 Å². The normalized spacial score (nSPS) is 15.1. The van der Waals surface area contributed by atoms with E-state index in [0.29, 0.717) is 0 Å². The molecule has 72 heavy (non-hydrogen) atoms. The highest BCUT2D eigenvalue weighted by atomic mass is 15.1. The van der Waals surface area contributed by atoms with Gasteiger partial charge in [0.1, 0.15) is 0 Å². The molecule has 0 aromatic heterocycles. The first kappa shape index (κ1) is 46.2. The molecule has 0 bridgehead atoms. The molecule has 9 aromatic rings. The first-order valence-corrected chi connectivity index (χ1v) is 25.4. The van der Waals surface area contributed by atoms with Gasteiger partial charge in [-0.25, -0.2) is 0 Å². The Balaban J connectivity index is 1.09. The minimum Gasteiger partial charge on any atom is -0.310 e. The molecule has 0 N–H and O–H groups in total. The van der Waals surface area contributed by atoms with Crippen molar-refractivity contribution in [3.05, 3.63) is 272 Å². The van der Waals surface area contributed by atoms with Gasteiger partial charge in [-0.2, -0.15) is 0 Å². The number of nitrogens with zero attached hydrogens (tertiary/aromatic N) is 2. The van der Waals surface area contributed by atoms with Crippen LogP contribution >= 0.6 is 0 Å². The zero-order valence-corrected chi connectivity index (χ0v) is 42.4. The number of hydrogen-bond acceptors (Lipinski definition) is 2. The van der Waals surface area contributed by atoms with Gasteiger partial charge in [0, 0.05) is 39.5 Å². The van der Waals surface area contributed by atoms with Crippen molar-refractivity contribution < 1.29 is 0 Å². The third-order valence-corrected chi connectivity index (χ3v) is 15.1. The van der Waals surface area contributed by atoms with E-state index in [4.69, 9.17) is 6.58 Å². The van der Waals surface area contributed by atoms with Crippen molar-refractivity contribution in [1.82, 2.24) is 0 Å². The Morgan fingerprint density at radius 1 is 0.403 bits per heavy atom. The van der Waals surface area contributed by atoms with E-state index in [2.05, 4.69) is 294 Å². The summed E-state index contributed by atoms with van der Waals surface area (Å²) in [7, 11) is 0. The van der Waals surface area contributed by atoms with Crippen LogP contribution < -0.4 is 9.80 Å². The van der Waals surface area contributed by atoms with E-state index in [0.717, 1.165) is 51.7 Å². The zero-order chi connectivity index (χ0) is 49.6. The van der Waals surface area contributed by atoms with Crippen molar-refractivity contribution in [2.45, 2.75) is 53.4 Å². The van der Waals surface area contributed by atoms with E-state index in [1.54, 1.807) is 0 Å². The number of allylic oxidation sites excluding steroid dienone is 7. The van der Waals surface area contributed by atoms with Gasteiger partial charge in [-0.05, 0) is 162 Å². The van der Waals surface area contributed by atoms with E-state index in [1.165, 1.54) is 60.9 Å². The largest absolute Gasteiger partial charge is 0.310 e. The van der Waals surface area contributed by atoms with E-state index >= 15 is 0 Å². The summed E-state index contributed by atoms with van der Waals surface area (Å²) >= 11 is 0. The van der Waals surface area contributed by atoms with Crippen LogP contribution in [0.4, 0.5) is 34.1 Å². The number of anilines is 6. The maximum absolute atomic E-state index is 4.84. The molecule has 0 amide bonds. The highest BCUT2D eigenvalue weighted by Crippen LogP contribution is 2.69. The summed E-state index contributed by atoms with van der Waals surface area (Å²) < 4.78 is 0. The van der Waals surface area contributed by atoms with E-state index in [9.17, 15) is 0 Å². The number of fused-ring (bicyclic) bond motifs is 6. The van der Waals surface area contributed by atoms with Crippen molar-refractivity contribution in [2.24, 2.45) is 10.8 Å². The molecule has 0 saturated carbocycles. The molecule has 2 nitrogen and oxygen atoms in total. The SMILES string of the molecule is C=C1/C=C\C=C/CC2=C(c3ccc(N(c4ccccc4)c4ccc(-c5ccccc5)cc4)cc31)C(C(C)(C)C)(C(C)(C)C)c1c2ccc2cc(N(c3ccccc3)c3ccc(-c4ccccc4)cc3)ccc12. The topological polar surface area (TPSA) is 6.48 Å². The Kier molecular flexibility index (Phi) is 11.9. The van der Waals surface area contributed by atoms with Crippen LogP contribution in [0.5, 0.6) is 0 Å². The molecule has 352 valence electrons. The third kappa shape index (κ3) is 8.02. The lowest BCUT2D eigenvalue weighted by Gasteiger charge is -2.55. The van der Waals surface area contributed by atoms with E-state index < -0.39 is 5.41 Å². The summed E-state index contributed by atoms with van der Waals surface area (Å²) in [6, 6.07) is 79.8. The van der Waals surface area contributed by atoms with Crippen LogP contribution in [0.15, 0.2) is 249 Å². The van der Waals surface area contributed by atoms with Crippen molar-refractivity contribution in [3.8, 4) is 22.3 Å². The van der Waals surface area contributed by atoms with Crippen LogP contribution in [0.1, 0.15) is 70.2 Å². The van der Waals surface area contributed by atoms with Gasteiger partial charge < -0.3 is 9.80 Å². The lowest BCUT2D eigenvalue weighted by atomic mass is 9.48. The minimum atomic E-state index is -0.433. The van der Waals surface area contributed by atoms with Gasteiger partial charge >= 0.3 is 0 Å². The first-order chi connectivity index (χ1) is 34.9. The van der Waals surface area contributed by atoms with Gasteiger partial charge in [0.15, 0.2) is 0 Å². The van der Waals surface area contributed by atoms with E-state index in [1.807, 2.05) is 0 Å². The second-order valence-corrected chi connectivity index (χ2v) is 21.4. The molecule has 2 aliphatic carbocycles. The molecule has 0 fully saturated rings. The lowest BCUT2D eigenvalue weighted by molar-refractivity contribution is 0.112. The molecule has 2 heteroatoms. The van der Waals surface area contributed by atoms with Crippen LogP contribution in [0.25, 0.3) is 49.7 Å². The molecule has 0 saturated heterocycles. The monoisotopic (exact) mass is 930 g/mol. The molecular weight excluding hydrogens is 869 g/mol. The lowest BCUT2D eigenvalue weighted by Crippen LogP contribution is -2.50. The fourth-order valence-electron chi connectivity index (χ4n) is 12.4. The Bertz CT molecular complexity index is 3520. The minimum absolute atomic E-state index is 0.224. The van der Waals surface area contributed by atoms with Crippen molar-refractivity contribution in [1.29, 1.82) is 0 Å². The summed E-state index contributed by atoms with van der Waals surface area (Å²) in [4.78, 5) is 4.77. The van der Waals surface area contributed by atoms with Gasteiger partial charge in [-0.1, -0.05) is 218 Å². The molecule has 0 unspecified atom stereocenters. The maximum atomic E-state index is 4.84. The third-order valence-electron chi connectivity index (χ3n) is 15.1. The molecule has 0 heterocycles. The number of hydrogen-bond donors (Lipinski definition) is 0. The van der Waals surface area contributed by atoms with Gasteiger partial charge in [-0.3, -0.25) is 0 Å². The fourth-order valence-corrected chi connectivity index (χ4v) is 12.4. The van der Waals surface area contributed by atoms with Gasteiger partial charge in [0.05, 0.1) is 0 Å². The van der Waals surface area contributed by atoms with Crippen molar-refractivity contribution >= 4 is 61.6 Å². The predicted molar refractivity (Wildman–Crippen MR) is 310 cm³/mol. The van der Waals surface area contributed by atoms with Crippen LogP contribution in [0.3, 0.4) is 0 Å². The summed E-state index contributed by atoms with van der Waals surface area (Å²) in [6.45, 7) is 19.6. The van der Waals surface area contributed by atoms with Crippen LogP contribution in [0, 0.1) is 10.8 Å². The average molecular weight is 931 g/mol. The average Bonchev–Trinajstić information content (AvgIpc) is 3.72. The molecule has 0 radical (unpaired) electrons. The van der Waals surface area contributed by atoms with Crippen molar-refractivity contribution in [2.75, 3.05) is 9.80 Å². The Hall–Kier alpha value is -8.20. The van der Waals surface area contributed by atoms with Gasteiger partial charge in [0.2, 0.25) is 0 Å². The van der Waals surface area contributed by atoms with Gasteiger partial charge in [0.25, 0.3) is 0 Å². The fraction of sp³-hybridized carbons (Fsp3) is 0.143. The Labute approximate surface area is 427 Å². The summed E-state index contributed by atoms with van der Waals surface area (Å²) in [5.74, 6) is 0. The highest BCUT2D eigenvalue weighted by Gasteiger charge is 2.59. The van der Waals surface area contributed by atoms with E-state index in [-0.39, 0.29) is 10.8 Å². The van der Waals surface area contributed by atoms with Crippen LogP contribution in [-0.2, 0) is 5.41 Å². The smallest absolute Gasteiger partial charge is 0.0468 e. The zero-order valence-electron chi connectivity index (χ0n) is 42.4. The summed E-state index contributed by atoms with van der Waals surface area (Å²) in [5, 5.41) is 2.52. The standard InChI is InChI=1S/C70H62N2/c1-49-23-13-8-22-32-62-63-44-37-54-47-59(71(55-28-18-11-19-29-55)57-38-33-52(34-39-57)50-24-14-9-15-25-50)42-45-61(54)66(63)70(68(2,3)4,69(5,6)7)67(62)64-46-43-60(48-65(49)64)72(56-30-20-12-21-31-56)58-40-35-53(36-41-58)51-26-16-10-17-27-51/h8-31,33-48H,1,32H2,2-7H3/b22-8-,23-13-. The summed E-state index contributed by atoms with van der Waals surface area (Å²) in [6.07, 6.45) is 9.71. The summed E-state index contributed by atoms with van der Waals surface area (Å²) in [5.41, 5.74) is 19.5. The molecule has 11 rings (SSSR count). The Morgan fingerprint density at radius 2 is 0.833 bits per heavy atom. The molecule has 9 aromatic carbocycles. The highest BCUT2D eigenvalue weighted by molar-refractivity contribution is 6.11. The molecular formula is C70H62N2. The van der Waals surface area contributed by atoms with Gasteiger partial charge in [-0.15, -0.1) is 0 Å². The quantitative estimate of drug-likeness (QED) is 0.150. The molecule has 0 atom stereocenters. The predicted octanol–water partition coefficient (Wildman–Crippen LogP) is 19.9. The van der Waals surface area contributed by atoms with Crippen LogP contribution in [-0.4, -0.2) is 0 Å². The van der Waals surface area contributed by atoms with Crippen molar-refractivity contribution in [3.63, 3.8) is 0 Å². The maximum Gasteiger partial charge on any atom is 0.0468 e. The Morgan fingerprint density at radius 3 is 1.35 bits per heavy atom. The second-order valence-electron chi connectivity index (χ2n) is 21.4. The molecule has 2 aliphatic rings. The number of benzene rings is 9. The number of rotatable bonds is 8. The first-order valence-electron chi connectivity index (χ1n) is 25.4. The molecule has 0 aliphatic heterocycles. The second kappa shape index (κ2) is 18.5.